The van der Waals surface area contributed by atoms with Crippen LogP contribution in [0.2, 0.25) is 5.02 Å². The van der Waals surface area contributed by atoms with E-state index in [1.807, 2.05) is 18.2 Å². The van der Waals surface area contributed by atoms with E-state index in [4.69, 9.17) is 17.3 Å². The molecule has 4 N–H and O–H groups in total. The third-order valence-corrected chi connectivity index (χ3v) is 8.37. The molecule has 2 aliphatic carbocycles. The molecule has 198 valence electrons. The lowest BCUT2D eigenvalue weighted by Crippen LogP contribution is -2.49. The number of benzene rings is 1. The Bertz CT molecular complexity index is 920. The quantitative estimate of drug-likeness (QED) is 0.369. The van der Waals surface area contributed by atoms with E-state index in [2.05, 4.69) is 26.5 Å². The maximum Gasteiger partial charge on any atom is 0.243 e. The van der Waals surface area contributed by atoms with Crippen molar-refractivity contribution in [2.45, 2.75) is 57.4 Å². The van der Waals surface area contributed by atoms with Gasteiger partial charge in [0.1, 0.15) is 6.04 Å². The number of nitrogens with two attached hydrogens (primary N) is 1. The van der Waals surface area contributed by atoms with Crippen LogP contribution >= 0.6 is 11.6 Å². The van der Waals surface area contributed by atoms with Gasteiger partial charge in [-0.15, -0.1) is 0 Å². The molecular weight excluding hydrogens is 478 g/mol. The van der Waals surface area contributed by atoms with Crippen molar-refractivity contribution in [1.29, 1.82) is 0 Å². The highest BCUT2D eigenvalue weighted by Gasteiger charge is 2.40. The highest BCUT2D eigenvalue weighted by Crippen LogP contribution is 2.49. The second-order valence-corrected chi connectivity index (χ2v) is 11.2. The number of nitrogens with zero attached hydrogens (tertiary/aromatic N) is 2. The van der Waals surface area contributed by atoms with Crippen LogP contribution in [0.5, 0.6) is 0 Å². The molecule has 3 amide bonds. The van der Waals surface area contributed by atoms with E-state index in [-0.39, 0.29) is 18.2 Å². The summed E-state index contributed by atoms with van der Waals surface area (Å²) in [5.41, 5.74) is 6.51. The third kappa shape index (κ3) is 7.59. The molecule has 1 aliphatic heterocycles. The molecule has 1 aromatic carbocycles. The zero-order chi connectivity index (χ0) is 25.5. The zero-order valence-electron chi connectivity index (χ0n) is 21.1. The maximum absolute atomic E-state index is 12.7. The first-order valence-corrected chi connectivity index (χ1v) is 13.8. The van der Waals surface area contributed by atoms with Crippen molar-refractivity contribution in [3.8, 4) is 0 Å². The van der Waals surface area contributed by atoms with Crippen LogP contribution in [-0.4, -0.2) is 67.9 Å². The maximum atomic E-state index is 12.7. The van der Waals surface area contributed by atoms with Gasteiger partial charge in [-0.1, -0.05) is 24.1 Å². The van der Waals surface area contributed by atoms with Crippen molar-refractivity contribution in [2.24, 2.45) is 23.5 Å². The first kappa shape index (κ1) is 26.7. The SMILES string of the molecule is NC(=O)C[C@H](NC(=O)CC1C[C@@H]2CC[C@H]1C2)C(=O)NCCCCN1CCN(c2cccc(Cl)c2)CC1. The van der Waals surface area contributed by atoms with Crippen molar-refractivity contribution in [3.63, 3.8) is 0 Å². The number of amides is 3. The molecule has 2 saturated carbocycles. The topological polar surface area (TPSA) is 108 Å². The van der Waals surface area contributed by atoms with Crippen LogP contribution < -0.4 is 21.3 Å². The number of unbranched alkanes of at least 4 members (excludes halogenated alkanes) is 1. The molecule has 36 heavy (non-hydrogen) atoms. The molecule has 0 aromatic heterocycles. The Labute approximate surface area is 219 Å². The fourth-order valence-electron chi connectivity index (χ4n) is 6.23. The number of nitrogens with one attached hydrogen (secondary N) is 2. The lowest BCUT2D eigenvalue weighted by molar-refractivity contribution is -0.131. The van der Waals surface area contributed by atoms with Gasteiger partial charge >= 0.3 is 0 Å². The molecule has 1 aromatic rings. The molecule has 8 nitrogen and oxygen atoms in total. The highest BCUT2D eigenvalue weighted by molar-refractivity contribution is 6.30. The van der Waals surface area contributed by atoms with Crippen LogP contribution in [0.25, 0.3) is 0 Å². The van der Waals surface area contributed by atoms with Crippen molar-refractivity contribution in [3.05, 3.63) is 29.3 Å². The second kappa shape index (κ2) is 12.8. The summed E-state index contributed by atoms with van der Waals surface area (Å²) >= 11 is 6.12. The van der Waals surface area contributed by atoms with Crippen molar-refractivity contribution in [2.75, 3.05) is 44.2 Å². The predicted molar refractivity (Wildman–Crippen MR) is 142 cm³/mol. The van der Waals surface area contributed by atoms with Crippen LogP contribution in [-0.2, 0) is 14.4 Å². The van der Waals surface area contributed by atoms with Gasteiger partial charge in [0.2, 0.25) is 17.7 Å². The highest BCUT2D eigenvalue weighted by atomic mass is 35.5. The number of carbonyl (C=O) groups is 3. The number of fused-ring (bicyclic) bond motifs is 2. The van der Waals surface area contributed by atoms with Crippen LogP contribution in [0.1, 0.15) is 51.4 Å². The Morgan fingerprint density at radius 3 is 2.56 bits per heavy atom. The summed E-state index contributed by atoms with van der Waals surface area (Å²) in [4.78, 5) is 41.6. The number of halogens is 1. The van der Waals surface area contributed by atoms with E-state index >= 15 is 0 Å². The normalized spacial score (nSPS) is 24.5. The third-order valence-electron chi connectivity index (χ3n) is 8.14. The molecule has 1 heterocycles. The van der Waals surface area contributed by atoms with E-state index in [1.165, 1.54) is 19.3 Å². The van der Waals surface area contributed by atoms with E-state index < -0.39 is 11.9 Å². The molecule has 2 bridgehead atoms. The number of hydrogen-bond acceptors (Lipinski definition) is 5. The standard InChI is InChI=1S/C27H40ClN5O3/c28-22-4-3-5-23(17-22)33-12-10-32(11-13-33)9-2-1-8-30-27(36)24(18-25(29)34)31-26(35)16-21-15-19-6-7-20(21)14-19/h3-5,17,19-21,24H,1-2,6-16,18H2,(H2,29,34)(H,30,36)(H,31,35)/t19-,20+,21?,24+/m1/s1. The van der Waals surface area contributed by atoms with Gasteiger partial charge in [0.15, 0.2) is 0 Å². The van der Waals surface area contributed by atoms with Gasteiger partial charge in [0, 0.05) is 49.9 Å². The summed E-state index contributed by atoms with van der Waals surface area (Å²) in [5.74, 6) is 0.755. The van der Waals surface area contributed by atoms with Crippen LogP contribution in [0.4, 0.5) is 5.69 Å². The summed E-state index contributed by atoms with van der Waals surface area (Å²) < 4.78 is 0. The van der Waals surface area contributed by atoms with Gasteiger partial charge in [-0.3, -0.25) is 19.3 Å². The molecular formula is C27H40ClN5O3. The van der Waals surface area contributed by atoms with Crippen molar-refractivity contribution >= 4 is 35.0 Å². The first-order chi connectivity index (χ1) is 17.4. The average Bonchev–Trinajstić information content (AvgIpc) is 3.47. The predicted octanol–water partition coefficient (Wildman–Crippen LogP) is 2.54. The molecule has 3 aliphatic rings. The summed E-state index contributed by atoms with van der Waals surface area (Å²) in [6, 6.07) is 7.08. The molecule has 4 atom stereocenters. The summed E-state index contributed by atoms with van der Waals surface area (Å²) in [7, 11) is 0. The van der Waals surface area contributed by atoms with E-state index in [1.54, 1.807) is 0 Å². The molecule has 0 spiro atoms. The minimum absolute atomic E-state index is 0.147. The van der Waals surface area contributed by atoms with Crippen LogP contribution in [0.15, 0.2) is 24.3 Å². The van der Waals surface area contributed by atoms with Crippen LogP contribution in [0, 0.1) is 17.8 Å². The van der Waals surface area contributed by atoms with E-state index in [0.29, 0.717) is 24.8 Å². The van der Waals surface area contributed by atoms with Gasteiger partial charge in [-0.25, -0.2) is 0 Å². The van der Waals surface area contributed by atoms with Gasteiger partial charge in [0.05, 0.1) is 6.42 Å². The molecule has 0 radical (unpaired) electrons. The Balaban J connectivity index is 1.11. The van der Waals surface area contributed by atoms with Gasteiger partial charge in [-0.2, -0.15) is 0 Å². The summed E-state index contributed by atoms with van der Waals surface area (Å²) in [6.45, 7) is 5.41. The second-order valence-electron chi connectivity index (χ2n) is 10.7. The largest absolute Gasteiger partial charge is 0.370 e. The van der Waals surface area contributed by atoms with Gasteiger partial charge in [0.25, 0.3) is 0 Å². The average molecular weight is 518 g/mol. The number of primary amides is 1. The molecule has 3 fully saturated rings. The molecule has 1 unspecified atom stereocenters. The number of piperazine rings is 1. The smallest absolute Gasteiger partial charge is 0.243 e. The lowest BCUT2D eigenvalue weighted by Gasteiger charge is -2.36. The van der Waals surface area contributed by atoms with Crippen molar-refractivity contribution < 1.29 is 14.4 Å². The number of rotatable bonds is 12. The number of hydrogen-bond donors (Lipinski definition) is 3. The summed E-state index contributed by atoms with van der Waals surface area (Å²) in [6.07, 6.45) is 6.91. The minimum atomic E-state index is -0.895. The zero-order valence-corrected chi connectivity index (χ0v) is 21.8. The Morgan fingerprint density at radius 2 is 1.89 bits per heavy atom. The van der Waals surface area contributed by atoms with E-state index in [0.717, 1.165) is 68.6 Å². The Morgan fingerprint density at radius 1 is 1.08 bits per heavy atom. The van der Waals surface area contributed by atoms with Gasteiger partial charge < -0.3 is 21.3 Å². The monoisotopic (exact) mass is 517 g/mol. The summed E-state index contributed by atoms with van der Waals surface area (Å²) in [5, 5.41) is 6.42. The van der Waals surface area contributed by atoms with Crippen LogP contribution in [0.3, 0.4) is 0 Å². The lowest BCUT2D eigenvalue weighted by atomic mass is 9.86. The Hall–Kier alpha value is -2.32. The van der Waals surface area contributed by atoms with E-state index in [9.17, 15) is 14.4 Å². The molecule has 9 heteroatoms. The number of anilines is 1. The fraction of sp³-hybridized carbons (Fsp3) is 0.667. The fourth-order valence-corrected chi connectivity index (χ4v) is 6.41. The van der Waals surface area contributed by atoms with Gasteiger partial charge in [-0.05, 0) is 74.6 Å². The molecule has 4 rings (SSSR count). The molecule has 1 saturated heterocycles. The Kier molecular flexibility index (Phi) is 9.48. The number of carbonyl (C=O) groups excluding carboxylic acids is 3. The minimum Gasteiger partial charge on any atom is -0.370 e. The van der Waals surface area contributed by atoms with Crippen molar-refractivity contribution in [1.82, 2.24) is 15.5 Å². The first-order valence-electron chi connectivity index (χ1n) is 13.5.